The highest BCUT2D eigenvalue weighted by Gasteiger charge is 2.16. The van der Waals surface area contributed by atoms with E-state index in [0.717, 1.165) is 36.3 Å². The molecule has 3 nitrogen and oxygen atoms in total. The molecule has 1 aromatic carbocycles. The molecule has 4 heteroatoms. The third-order valence-electron chi connectivity index (χ3n) is 2.64. The Labute approximate surface area is 111 Å². The molecule has 1 aromatic rings. The third-order valence-corrected chi connectivity index (χ3v) is 3.59. The van der Waals surface area contributed by atoms with E-state index in [1.165, 1.54) is 0 Å². The summed E-state index contributed by atoms with van der Waals surface area (Å²) in [5, 5.41) is 8.77. The van der Waals surface area contributed by atoms with Gasteiger partial charge in [-0.05, 0) is 25.3 Å². The van der Waals surface area contributed by atoms with Gasteiger partial charge in [-0.3, -0.25) is 0 Å². The molecule has 0 aliphatic heterocycles. The summed E-state index contributed by atoms with van der Waals surface area (Å²) < 4.78 is 10.7. The predicted octanol–water partition coefficient (Wildman–Crippen LogP) is 3.30. The smallest absolute Gasteiger partial charge is 0.165 e. The molecule has 0 saturated heterocycles. The summed E-state index contributed by atoms with van der Waals surface area (Å²) >= 11 is 3.65. The van der Waals surface area contributed by atoms with Crippen LogP contribution in [-0.2, 0) is 0 Å². The highest BCUT2D eigenvalue weighted by molar-refractivity contribution is 9.09. The van der Waals surface area contributed by atoms with Gasteiger partial charge in [-0.25, -0.2) is 0 Å². The van der Waals surface area contributed by atoms with Gasteiger partial charge in [0.15, 0.2) is 11.5 Å². The molecule has 0 aromatic heterocycles. The van der Waals surface area contributed by atoms with Gasteiger partial charge in [0.1, 0.15) is 0 Å². The van der Waals surface area contributed by atoms with Crippen LogP contribution in [0.2, 0.25) is 0 Å². The standard InChI is InChI=1S/C13H19BrO3/c1-16-12-8-5-6-10(13(12)17-2)11(14)7-3-4-9-15/h5-6,8,11,15H,3-4,7,9H2,1-2H3/t11-/m1/s1. The Hall–Kier alpha value is -0.740. The minimum atomic E-state index is 0.221. The van der Waals surface area contributed by atoms with E-state index in [1.807, 2.05) is 18.2 Å². The summed E-state index contributed by atoms with van der Waals surface area (Å²) in [6, 6.07) is 5.87. The first kappa shape index (κ1) is 14.3. The number of para-hydroxylation sites is 1. The lowest BCUT2D eigenvalue weighted by molar-refractivity contribution is 0.283. The molecule has 0 bridgehead atoms. The van der Waals surface area contributed by atoms with Crippen molar-refractivity contribution >= 4 is 15.9 Å². The van der Waals surface area contributed by atoms with Crippen molar-refractivity contribution in [2.45, 2.75) is 24.1 Å². The van der Waals surface area contributed by atoms with E-state index in [4.69, 9.17) is 14.6 Å². The van der Waals surface area contributed by atoms with Crippen molar-refractivity contribution in [1.82, 2.24) is 0 Å². The minimum absolute atomic E-state index is 0.221. The monoisotopic (exact) mass is 302 g/mol. The van der Waals surface area contributed by atoms with Crippen LogP contribution in [0.5, 0.6) is 11.5 Å². The molecule has 0 radical (unpaired) electrons. The number of benzene rings is 1. The number of alkyl halides is 1. The molecule has 0 aliphatic carbocycles. The Kier molecular flexibility index (Phi) is 6.37. The molecule has 0 amide bonds. The second kappa shape index (κ2) is 7.56. The van der Waals surface area contributed by atoms with E-state index in [2.05, 4.69) is 15.9 Å². The predicted molar refractivity (Wildman–Crippen MR) is 72.2 cm³/mol. The zero-order valence-electron chi connectivity index (χ0n) is 10.3. The van der Waals surface area contributed by atoms with Gasteiger partial charge in [-0.2, -0.15) is 0 Å². The molecule has 0 unspecified atom stereocenters. The van der Waals surface area contributed by atoms with E-state index in [1.54, 1.807) is 14.2 Å². The highest BCUT2D eigenvalue weighted by Crippen LogP contribution is 2.40. The van der Waals surface area contributed by atoms with E-state index in [0.29, 0.717) is 0 Å². The first-order valence-corrected chi connectivity index (χ1v) is 6.62. The molecular formula is C13H19BrO3. The summed E-state index contributed by atoms with van der Waals surface area (Å²) in [6.45, 7) is 0.245. The molecule has 17 heavy (non-hydrogen) atoms. The van der Waals surface area contributed by atoms with E-state index < -0.39 is 0 Å². The van der Waals surface area contributed by atoms with Crippen LogP contribution >= 0.6 is 15.9 Å². The van der Waals surface area contributed by atoms with Crippen LogP contribution in [0.4, 0.5) is 0 Å². The van der Waals surface area contributed by atoms with Crippen molar-refractivity contribution in [3.63, 3.8) is 0 Å². The zero-order chi connectivity index (χ0) is 12.7. The largest absolute Gasteiger partial charge is 0.493 e. The Balaban J connectivity index is 2.81. The summed E-state index contributed by atoms with van der Waals surface area (Å²) in [5.41, 5.74) is 1.09. The van der Waals surface area contributed by atoms with Crippen molar-refractivity contribution in [2.24, 2.45) is 0 Å². The Morgan fingerprint density at radius 2 is 2.00 bits per heavy atom. The van der Waals surface area contributed by atoms with Crippen molar-refractivity contribution in [1.29, 1.82) is 0 Å². The Morgan fingerprint density at radius 3 is 2.59 bits per heavy atom. The number of aliphatic hydroxyl groups is 1. The fraction of sp³-hybridized carbons (Fsp3) is 0.538. The normalized spacial score (nSPS) is 12.2. The summed E-state index contributed by atoms with van der Waals surface area (Å²) in [6.07, 6.45) is 2.77. The second-order valence-electron chi connectivity index (χ2n) is 3.77. The fourth-order valence-electron chi connectivity index (χ4n) is 1.75. The number of aliphatic hydroxyl groups excluding tert-OH is 1. The topological polar surface area (TPSA) is 38.7 Å². The average molecular weight is 303 g/mol. The molecule has 0 heterocycles. The Bertz CT molecular complexity index is 341. The summed E-state index contributed by atoms with van der Waals surface area (Å²) in [4.78, 5) is 0.221. The second-order valence-corrected chi connectivity index (χ2v) is 4.87. The lowest BCUT2D eigenvalue weighted by Gasteiger charge is -2.16. The van der Waals surface area contributed by atoms with Gasteiger partial charge in [0.25, 0.3) is 0 Å². The molecule has 1 rings (SSSR count). The summed E-state index contributed by atoms with van der Waals surface area (Å²) in [5.74, 6) is 1.53. The number of ether oxygens (including phenoxy) is 2. The number of unbranched alkanes of at least 4 members (excludes halogenated alkanes) is 1. The van der Waals surface area contributed by atoms with Gasteiger partial charge in [-0.15, -0.1) is 0 Å². The SMILES string of the molecule is COc1cccc([C@H](Br)CCCCO)c1OC. The maximum Gasteiger partial charge on any atom is 0.165 e. The first-order valence-electron chi connectivity index (χ1n) is 5.70. The van der Waals surface area contributed by atoms with Crippen LogP contribution in [0.25, 0.3) is 0 Å². The molecular weight excluding hydrogens is 284 g/mol. The van der Waals surface area contributed by atoms with Crippen molar-refractivity contribution in [2.75, 3.05) is 20.8 Å². The molecule has 1 N–H and O–H groups in total. The van der Waals surface area contributed by atoms with Crippen molar-refractivity contribution in [3.05, 3.63) is 23.8 Å². The quantitative estimate of drug-likeness (QED) is 0.620. The fourth-order valence-corrected chi connectivity index (χ4v) is 2.43. The van der Waals surface area contributed by atoms with E-state index in [9.17, 15) is 0 Å². The van der Waals surface area contributed by atoms with Gasteiger partial charge in [0.05, 0.1) is 14.2 Å². The summed E-state index contributed by atoms with van der Waals surface area (Å²) in [7, 11) is 3.28. The third kappa shape index (κ3) is 3.89. The molecule has 1 atom stereocenters. The maximum absolute atomic E-state index is 8.77. The lowest BCUT2D eigenvalue weighted by Crippen LogP contribution is -1.98. The van der Waals surface area contributed by atoms with Crippen molar-refractivity contribution < 1.29 is 14.6 Å². The molecule has 0 fully saturated rings. The van der Waals surface area contributed by atoms with Crippen LogP contribution < -0.4 is 9.47 Å². The van der Waals surface area contributed by atoms with Crippen LogP contribution in [0.15, 0.2) is 18.2 Å². The first-order chi connectivity index (χ1) is 8.24. The van der Waals surface area contributed by atoms with E-state index in [-0.39, 0.29) is 11.4 Å². The zero-order valence-corrected chi connectivity index (χ0v) is 11.9. The van der Waals surface area contributed by atoms with Gasteiger partial charge >= 0.3 is 0 Å². The van der Waals surface area contributed by atoms with Crippen LogP contribution in [0.3, 0.4) is 0 Å². The van der Waals surface area contributed by atoms with Crippen molar-refractivity contribution in [3.8, 4) is 11.5 Å². The van der Waals surface area contributed by atoms with Crippen LogP contribution in [0, 0.1) is 0 Å². The van der Waals surface area contributed by atoms with Crippen LogP contribution in [-0.4, -0.2) is 25.9 Å². The van der Waals surface area contributed by atoms with Crippen LogP contribution in [0.1, 0.15) is 29.7 Å². The Morgan fingerprint density at radius 1 is 1.24 bits per heavy atom. The molecule has 0 saturated carbocycles. The molecule has 0 aliphatic rings. The number of methoxy groups -OCH3 is 2. The lowest BCUT2D eigenvalue weighted by atomic mass is 10.1. The van der Waals surface area contributed by atoms with Gasteiger partial charge in [0, 0.05) is 17.0 Å². The number of halogens is 1. The average Bonchev–Trinajstić information content (AvgIpc) is 2.37. The molecule has 0 spiro atoms. The van der Waals surface area contributed by atoms with E-state index >= 15 is 0 Å². The minimum Gasteiger partial charge on any atom is -0.493 e. The highest BCUT2D eigenvalue weighted by atomic mass is 79.9. The molecule has 96 valence electrons. The van der Waals surface area contributed by atoms with Gasteiger partial charge in [-0.1, -0.05) is 28.1 Å². The maximum atomic E-state index is 8.77. The van der Waals surface area contributed by atoms with Gasteiger partial charge in [0.2, 0.25) is 0 Å². The van der Waals surface area contributed by atoms with Gasteiger partial charge < -0.3 is 14.6 Å². The number of hydrogen-bond donors (Lipinski definition) is 1. The number of hydrogen-bond acceptors (Lipinski definition) is 3. The number of rotatable bonds is 7.